The molecule has 0 bridgehead atoms. The first-order chi connectivity index (χ1) is 16.7. The van der Waals surface area contributed by atoms with E-state index in [1.54, 1.807) is 12.4 Å². The topological polar surface area (TPSA) is 49.2 Å². The summed E-state index contributed by atoms with van der Waals surface area (Å²) in [5.41, 5.74) is 5.06. The molecule has 3 aromatic carbocycles. The minimum absolute atomic E-state index is 0.238. The molecule has 0 spiro atoms. The summed E-state index contributed by atoms with van der Waals surface area (Å²) in [6.07, 6.45) is 1.58. The van der Waals surface area contributed by atoms with Gasteiger partial charge in [0.2, 0.25) is 0 Å². The lowest BCUT2D eigenvalue weighted by atomic mass is 9.96. The minimum Gasteiger partial charge on any atom is -0.350 e. The average molecular weight is 473 g/mol. The molecule has 0 amide bonds. The Labute approximate surface area is 201 Å². The number of benzene rings is 3. The normalized spacial score (nSPS) is 15.8. The van der Waals surface area contributed by atoms with E-state index in [0.29, 0.717) is 0 Å². The van der Waals surface area contributed by atoms with Crippen LogP contribution in [0.5, 0.6) is 0 Å². The molecule has 2 aromatic heterocycles. The summed E-state index contributed by atoms with van der Waals surface area (Å²) >= 11 is 6.17. The van der Waals surface area contributed by atoms with Gasteiger partial charge in [0, 0.05) is 27.1 Å². The van der Waals surface area contributed by atoms with Gasteiger partial charge in [-0.15, -0.1) is 0 Å². The zero-order valence-electron chi connectivity index (χ0n) is 18.5. The third-order valence-electron chi connectivity index (χ3n) is 6.77. The van der Waals surface area contributed by atoms with Crippen LogP contribution in [0.25, 0.3) is 21.9 Å². The molecule has 0 aliphatic carbocycles. The number of hydrogen-bond donors (Lipinski definition) is 2. The van der Waals surface area contributed by atoms with Gasteiger partial charge in [0.15, 0.2) is 5.82 Å². The minimum atomic E-state index is -0.264. The van der Waals surface area contributed by atoms with E-state index in [0.717, 1.165) is 59.0 Å². The fraction of sp³-hybridized carbons (Fsp3) is 0.185. The number of aromatic amines is 1. The van der Waals surface area contributed by atoms with E-state index in [2.05, 4.69) is 62.3 Å². The molecule has 3 heterocycles. The molecular formula is C27H24ClFN5+. The second-order valence-corrected chi connectivity index (χ2v) is 9.21. The molecule has 7 heteroatoms. The Morgan fingerprint density at radius 3 is 2.41 bits per heavy atom. The van der Waals surface area contributed by atoms with Gasteiger partial charge in [0.05, 0.1) is 26.2 Å². The van der Waals surface area contributed by atoms with Crippen molar-refractivity contribution in [2.45, 2.75) is 6.04 Å². The van der Waals surface area contributed by atoms with E-state index in [1.165, 1.54) is 28.2 Å². The largest absolute Gasteiger partial charge is 0.350 e. The molecule has 0 radical (unpaired) electrons. The summed E-state index contributed by atoms with van der Waals surface area (Å²) in [6, 6.07) is 23.9. The number of hydrogen-bond acceptors (Lipinski definition) is 3. The van der Waals surface area contributed by atoms with Crippen molar-refractivity contribution in [3.8, 4) is 0 Å². The molecule has 1 saturated heterocycles. The number of aromatic nitrogens is 3. The Balaban J connectivity index is 1.30. The number of fused-ring (bicyclic) bond motifs is 3. The molecule has 1 fully saturated rings. The van der Waals surface area contributed by atoms with Crippen molar-refractivity contribution in [1.29, 1.82) is 0 Å². The lowest BCUT2D eigenvalue weighted by Gasteiger charge is -2.37. The van der Waals surface area contributed by atoms with E-state index < -0.39 is 0 Å². The molecule has 34 heavy (non-hydrogen) atoms. The third kappa shape index (κ3) is 3.79. The maximum absolute atomic E-state index is 13.8. The molecule has 2 N–H and O–H groups in total. The van der Waals surface area contributed by atoms with Gasteiger partial charge < -0.3 is 14.8 Å². The van der Waals surface area contributed by atoms with Gasteiger partial charge in [-0.05, 0) is 30.3 Å². The fourth-order valence-corrected chi connectivity index (χ4v) is 5.28. The van der Waals surface area contributed by atoms with E-state index >= 15 is 0 Å². The van der Waals surface area contributed by atoms with Crippen LogP contribution in [0.3, 0.4) is 0 Å². The third-order valence-corrected chi connectivity index (χ3v) is 7.03. The highest BCUT2D eigenvalue weighted by Crippen LogP contribution is 2.30. The lowest BCUT2D eigenvalue weighted by molar-refractivity contribution is -0.926. The molecular weight excluding hydrogens is 449 g/mol. The van der Waals surface area contributed by atoms with Gasteiger partial charge in [-0.25, -0.2) is 14.4 Å². The Kier molecular flexibility index (Phi) is 5.40. The molecule has 1 atom stereocenters. The molecule has 1 aliphatic heterocycles. The molecule has 5 aromatic rings. The van der Waals surface area contributed by atoms with Crippen LogP contribution in [0.15, 0.2) is 79.1 Å². The van der Waals surface area contributed by atoms with Crippen LogP contribution < -0.4 is 9.80 Å². The van der Waals surface area contributed by atoms with Crippen molar-refractivity contribution in [1.82, 2.24) is 15.0 Å². The van der Waals surface area contributed by atoms with Crippen molar-refractivity contribution in [3.05, 3.63) is 101 Å². The SMILES string of the molecule is Fc1ccc2[nH]c3c(N4CC[NH+]([C@H](c5ccccc5)c5ccc(Cl)cc5)CC4)ncnc3c2c1. The van der Waals surface area contributed by atoms with Crippen LogP contribution in [0.1, 0.15) is 17.2 Å². The van der Waals surface area contributed by atoms with Crippen LogP contribution in [0.2, 0.25) is 5.02 Å². The molecule has 6 rings (SSSR count). The van der Waals surface area contributed by atoms with E-state index in [4.69, 9.17) is 11.6 Å². The summed E-state index contributed by atoms with van der Waals surface area (Å²) in [6.45, 7) is 3.65. The first-order valence-corrected chi connectivity index (χ1v) is 11.9. The average Bonchev–Trinajstić information content (AvgIpc) is 3.24. The first kappa shape index (κ1) is 21.1. The zero-order chi connectivity index (χ0) is 23.1. The number of piperazine rings is 1. The fourth-order valence-electron chi connectivity index (χ4n) is 5.15. The van der Waals surface area contributed by atoms with Gasteiger partial charge >= 0.3 is 0 Å². The van der Waals surface area contributed by atoms with E-state index in [9.17, 15) is 4.39 Å². The quantitative estimate of drug-likeness (QED) is 0.407. The second kappa shape index (κ2) is 8.70. The van der Waals surface area contributed by atoms with Crippen LogP contribution >= 0.6 is 11.6 Å². The summed E-state index contributed by atoms with van der Waals surface area (Å²) in [7, 11) is 0. The Morgan fingerprint density at radius 2 is 1.65 bits per heavy atom. The summed E-state index contributed by atoms with van der Waals surface area (Å²) < 4.78 is 13.8. The Morgan fingerprint density at radius 1 is 0.912 bits per heavy atom. The van der Waals surface area contributed by atoms with Crippen molar-refractivity contribution < 1.29 is 9.29 Å². The van der Waals surface area contributed by atoms with Crippen LogP contribution in [-0.4, -0.2) is 41.1 Å². The highest BCUT2D eigenvalue weighted by molar-refractivity contribution is 6.30. The second-order valence-electron chi connectivity index (χ2n) is 8.78. The van der Waals surface area contributed by atoms with Gasteiger partial charge in [-0.1, -0.05) is 54.1 Å². The van der Waals surface area contributed by atoms with Crippen molar-refractivity contribution in [3.63, 3.8) is 0 Å². The predicted molar refractivity (Wildman–Crippen MR) is 134 cm³/mol. The van der Waals surface area contributed by atoms with Crippen molar-refractivity contribution in [2.24, 2.45) is 0 Å². The number of H-pyrrole nitrogens is 1. The van der Waals surface area contributed by atoms with Gasteiger partial charge in [-0.3, -0.25) is 0 Å². The maximum atomic E-state index is 13.8. The number of anilines is 1. The van der Waals surface area contributed by atoms with Gasteiger partial charge in [-0.2, -0.15) is 0 Å². The number of halogens is 2. The summed E-state index contributed by atoms with van der Waals surface area (Å²) in [4.78, 5) is 16.3. The smallest absolute Gasteiger partial charge is 0.156 e. The molecule has 0 saturated carbocycles. The van der Waals surface area contributed by atoms with Crippen molar-refractivity contribution >= 4 is 39.4 Å². The number of nitrogens with one attached hydrogen (secondary N) is 2. The first-order valence-electron chi connectivity index (χ1n) is 11.5. The summed E-state index contributed by atoms with van der Waals surface area (Å²) in [5.74, 6) is 0.614. The van der Waals surface area contributed by atoms with E-state index in [1.807, 2.05) is 12.1 Å². The number of nitrogens with zero attached hydrogens (tertiary/aromatic N) is 3. The predicted octanol–water partition coefficient (Wildman–Crippen LogP) is 4.40. The van der Waals surface area contributed by atoms with Crippen molar-refractivity contribution in [2.75, 3.05) is 31.1 Å². The lowest BCUT2D eigenvalue weighted by Crippen LogP contribution is -3.15. The highest BCUT2D eigenvalue weighted by atomic mass is 35.5. The van der Waals surface area contributed by atoms with Gasteiger partial charge in [0.25, 0.3) is 0 Å². The van der Waals surface area contributed by atoms with Crippen LogP contribution in [-0.2, 0) is 0 Å². The molecule has 5 nitrogen and oxygen atoms in total. The zero-order valence-corrected chi connectivity index (χ0v) is 19.3. The monoisotopic (exact) mass is 472 g/mol. The summed E-state index contributed by atoms with van der Waals surface area (Å²) in [5, 5.41) is 1.54. The number of rotatable bonds is 4. The Hall–Kier alpha value is -3.48. The van der Waals surface area contributed by atoms with E-state index in [-0.39, 0.29) is 11.9 Å². The maximum Gasteiger partial charge on any atom is 0.156 e. The molecule has 170 valence electrons. The number of quaternary nitrogens is 1. The Bertz CT molecular complexity index is 1440. The van der Waals surface area contributed by atoms with Crippen LogP contribution in [0.4, 0.5) is 10.2 Å². The molecule has 1 aliphatic rings. The standard InChI is InChI=1S/C27H23ClFN5/c28-20-8-6-19(7-9-20)26(18-4-2-1-3-5-18)33-12-14-34(15-13-33)27-25-24(30-17-31-27)22-16-21(29)10-11-23(22)32-25/h1-11,16-17,26,32H,12-15H2/p+1/t26-/m1/s1. The van der Waals surface area contributed by atoms with Gasteiger partial charge in [0.1, 0.15) is 29.2 Å². The molecule has 0 unspecified atom stereocenters. The highest BCUT2D eigenvalue weighted by Gasteiger charge is 2.31. The van der Waals surface area contributed by atoms with Crippen LogP contribution in [0, 0.1) is 5.82 Å².